The van der Waals surface area contributed by atoms with Crippen molar-refractivity contribution in [2.75, 3.05) is 5.32 Å². The van der Waals surface area contributed by atoms with Crippen LogP contribution in [0.1, 0.15) is 59.3 Å². The first kappa shape index (κ1) is 23.8. The highest BCUT2D eigenvalue weighted by atomic mass is 35.5. The molecule has 1 heterocycles. The Hall–Kier alpha value is -3.90. The maximum absolute atomic E-state index is 13.5. The molecule has 0 amide bonds. The van der Waals surface area contributed by atoms with Crippen LogP contribution in [0.2, 0.25) is 5.02 Å². The van der Waals surface area contributed by atoms with Gasteiger partial charge in [-0.15, -0.1) is 0 Å². The summed E-state index contributed by atoms with van der Waals surface area (Å²) in [4.78, 5) is 36.9. The summed E-state index contributed by atoms with van der Waals surface area (Å²) in [6.45, 7) is 2.63. The van der Waals surface area contributed by atoms with Crippen molar-refractivity contribution < 1.29 is 23.9 Å². The Labute approximate surface area is 213 Å². The molecule has 0 saturated heterocycles. The van der Waals surface area contributed by atoms with Crippen LogP contribution in [0.4, 0.5) is 5.69 Å². The fourth-order valence-electron chi connectivity index (χ4n) is 5.14. The second kappa shape index (κ2) is 9.63. The molecule has 7 heteroatoms. The molecule has 0 spiro atoms. The fourth-order valence-corrected chi connectivity index (χ4v) is 5.37. The molecule has 1 N–H and O–H groups in total. The van der Waals surface area contributed by atoms with E-state index >= 15 is 0 Å². The van der Waals surface area contributed by atoms with Gasteiger partial charge in [0, 0.05) is 53.2 Å². The molecule has 0 radical (unpaired) electrons. The molecule has 0 saturated carbocycles. The van der Waals surface area contributed by atoms with Gasteiger partial charge in [-0.3, -0.25) is 14.4 Å². The lowest BCUT2D eigenvalue weighted by molar-refractivity contribution is -0.132. The normalized spacial score (nSPS) is 19.6. The van der Waals surface area contributed by atoms with E-state index in [0.29, 0.717) is 27.6 Å². The smallest absolute Gasteiger partial charge is 0.308 e. The highest BCUT2D eigenvalue weighted by molar-refractivity contribution is 6.31. The van der Waals surface area contributed by atoms with E-state index in [1.54, 1.807) is 36.4 Å². The Kier molecular flexibility index (Phi) is 6.37. The van der Waals surface area contributed by atoms with Gasteiger partial charge in [-0.2, -0.15) is 0 Å². The molecule has 0 fully saturated rings. The van der Waals surface area contributed by atoms with E-state index in [4.69, 9.17) is 21.1 Å². The number of fused-ring (bicyclic) bond motifs is 3. The number of rotatable bonds is 5. The monoisotopic (exact) mass is 501 g/mol. The van der Waals surface area contributed by atoms with Gasteiger partial charge in [0.25, 0.3) is 0 Å². The van der Waals surface area contributed by atoms with Crippen LogP contribution in [0.25, 0.3) is 0 Å². The summed E-state index contributed by atoms with van der Waals surface area (Å²) in [5.41, 5.74) is 3.46. The molecule has 182 valence electrons. The van der Waals surface area contributed by atoms with E-state index in [9.17, 15) is 14.4 Å². The molecule has 1 aliphatic heterocycles. The van der Waals surface area contributed by atoms with Gasteiger partial charge in [-0.05, 0) is 42.2 Å². The summed E-state index contributed by atoms with van der Waals surface area (Å²) in [6.07, 6.45) is 5.06. The molecule has 0 bridgehead atoms. The minimum Gasteiger partial charge on any atom is -0.427 e. The molecule has 5 rings (SSSR count). The molecule has 36 heavy (non-hydrogen) atoms. The third-order valence-corrected chi connectivity index (χ3v) is 6.77. The maximum Gasteiger partial charge on any atom is 0.308 e. The standard InChI is InChI=1S/C29H24ClNO5/c1-16(32)35-20-11-12-23(26(15-20)36-17(2)33)27-22-10-6-9-21(22)24-13-19(30)14-25(28(24)31-27)29(34)18-7-4-3-5-8-18/h3-9,11-15,21-22,27,31H,10H2,1-2H3/t21-,22-,27-/m0/s1. The van der Waals surface area contributed by atoms with Crippen LogP contribution in [0.5, 0.6) is 11.5 Å². The van der Waals surface area contributed by atoms with Crippen molar-refractivity contribution in [3.8, 4) is 11.5 Å². The number of halogens is 1. The van der Waals surface area contributed by atoms with Crippen LogP contribution < -0.4 is 14.8 Å². The average molecular weight is 502 g/mol. The van der Waals surface area contributed by atoms with Gasteiger partial charge in [0.1, 0.15) is 11.5 Å². The number of benzene rings is 3. The molecule has 3 aromatic carbocycles. The third-order valence-electron chi connectivity index (χ3n) is 6.55. The largest absolute Gasteiger partial charge is 0.427 e. The Morgan fingerprint density at radius 2 is 1.67 bits per heavy atom. The molecule has 3 atom stereocenters. The number of ketones is 1. The Bertz CT molecular complexity index is 1400. The van der Waals surface area contributed by atoms with Crippen LogP contribution in [-0.2, 0) is 9.59 Å². The highest BCUT2D eigenvalue weighted by Crippen LogP contribution is 2.53. The lowest BCUT2D eigenvalue weighted by Crippen LogP contribution is -2.31. The summed E-state index contributed by atoms with van der Waals surface area (Å²) >= 11 is 6.50. The number of allylic oxidation sites excluding steroid dienone is 2. The predicted molar refractivity (Wildman–Crippen MR) is 137 cm³/mol. The first-order chi connectivity index (χ1) is 17.3. The van der Waals surface area contributed by atoms with Crippen LogP contribution in [0, 0.1) is 5.92 Å². The van der Waals surface area contributed by atoms with E-state index in [0.717, 1.165) is 17.5 Å². The number of carbonyl (C=O) groups is 3. The molecule has 0 aromatic heterocycles. The number of hydrogen-bond donors (Lipinski definition) is 1. The van der Waals surface area contributed by atoms with E-state index in [2.05, 4.69) is 17.5 Å². The van der Waals surface area contributed by atoms with Gasteiger partial charge in [0.05, 0.1) is 6.04 Å². The van der Waals surface area contributed by atoms with Gasteiger partial charge in [0.2, 0.25) is 0 Å². The van der Waals surface area contributed by atoms with Gasteiger partial charge < -0.3 is 14.8 Å². The molecule has 6 nitrogen and oxygen atoms in total. The predicted octanol–water partition coefficient (Wildman–Crippen LogP) is 6.25. The van der Waals surface area contributed by atoms with Gasteiger partial charge in [0.15, 0.2) is 5.78 Å². The summed E-state index contributed by atoms with van der Waals surface area (Å²) in [5.74, 6) is -0.381. The zero-order valence-corrected chi connectivity index (χ0v) is 20.5. The number of anilines is 1. The van der Waals surface area contributed by atoms with E-state index in [1.165, 1.54) is 13.8 Å². The van der Waals surface area contributed by atoms with Crippen molar-refractivity contribution in [1.82, 2.24) is 0 Å². The Balaban J connectivity index is 1.63. The second-order valence-electron chi connectivity index (χ2n) is 8.98. The zero-order valence-electron chi connectivity index (χ0n) is 19.8. The minimum absolute atomic E-state index is 0.0191. The highest BCUT2D eigenvalue weighted by Gasteiger charge is 2.41. The van der Waals surface area contributed by atoms with E-state index < -0.39 is 11.9 Å². The van der Waals surface area contributed by atoms with E-state index in [-0.39, 0.29) is 29.4 Å². The lowest BCUT2D eigenvalue weighted by Gasteiger charge is -2.39. The van der Waals surface area contributed by atoms with Crippen LogP contribution >= 0.6 is 11.6 Å². The number of nitrogens with one attached hydrogen (secondary N) is 1. The maximum atomic E-state index is 13.5. The van der Waals surface area contributed by atoms with Crippen molar-refractivity contribution in [2.24, 2.45) is 5.92 Å². The van der Waals surface area contributed by atoms with Crippen molar-refractivity contribution in [3.63, 3.8) is 0 Å². The third kappa shape index (κ3) is 4.52. The number of ether oxygens (including phenoxy) is 2. The van der Waals surface area contributed by atoms with Gasteiger partial charge in [-0.1, -0.05) is 54.1 Å². The number of hydrogen-bond acceptors (Lipinski definition) is 6. The molecule has 3 aromatic rings. The van der Waals surface area contributed by atoms with E-state index in [1.807, 2.05) is 24.3 Å². The van der Waals surface area contributed by atoms with Crippen molar-refractivity contribution >= 4 is 35.0 Å². The van der Waals surface area contributed by atoms with Crippen molar-refractivity contribution in [3.05, 3.63) is 100 Å². The lowest BCUT2D eigenvalue weighted by atomic mass is 9.75. The first-order valence-corrected chi connectivity index (χ1v) is 12.1. The quantitative estimate of drug-likeness (QED) is 0.193. The summed E-state index contributed by atoms with van der Waals surface area (Å²) in [5, 5.41) is 4.09. The van der Waals surface area contributed by atoms with Gasteiger partial charge >= 0.3 is 11.9 Å². The van der Waals surface area contributed by atoms with Crippen LogP contribution in [0.15, 0.2) is 72.8 Å². The van der Waals surface area contributed by atoms with Crippen LogP contribution in [0.3, 0.4) is 0 Å². The number of esters is 2. The molecular weight excluding hydrogens is 478 g/mol. The molecular formula is C29H24ClNO5. The van der Waals surface area contributed by atoms with Crippen LogP contribution in [-0.4, -0.2) is 17.7 Å². The SMILES string of the molecule is CC(=O)Oc1ccc([C@H]2Nc3c(C(=O)c4ccccc4)cc(Cl)cc3[C@H]3C=CC[C@@H]32)c(OC(C)=O)c1. The second-order valence-corrected chi connectivity index (χ2v) is 9.41. The van der Waals surface area contributed by atoms with Crippen molar-refractivity contribution in [2.45, 2.75) is 32.2 Å². The Morgan fingerprint density at radius 3 is 2.39 bits per heavy atom. The fraction of sp³-hybridized carbons (Fsp3) is 0.207. The van der Waals surface area contributed by atoms with Crippen molar-refractivity contribution in [1.29, 1.82) is 0 Å². The Morgan fingerprint density at radius 1 is 0.917 bits per heavy atom. The molecule has 1 aliphatic carbocycles. The summed E-state index contributed by atoms with van der Waals surface area (Å²) in [7, 11) is 0. The number of carbonyl (C=O) groups excluding carboxylic acids is 3. The molecule has 0 unspecified atom stereocenters. The summed E-state index contributed by atoms with van der Waals surface area (Å²) in [6, 6.07) is 17.4. The molecule has 2 aliphatic rings. The average Bonchev–Trinajstić information content (AvgIpc) is 3.33. The zero-order chi connectivity index (χ0) is 25.4. The van der Waals surface area contributed by atoms with Gasteiger partial charge in [-0.25, -0.2) is 0 Å². The topological polar surface area (TPSA) is 81.7 Å². The minimum atomic E-state index is -0.486. The first-order valence-electron chi connectivity index (χ1n) is 11.7. The summed E-state index contributed by atoms with van der Waals surface area (Å²) < 4.78 is 10.8.